The molecule has 0 aliphatic heterocycles. The summed E-state index contributed by atoms with van der Waals surface area (Å²) in [5.41, 5.74) is 10.3. The number of allylic oxidation sites excluding steroid dienone is 2. The van der Waals surface area contributed by atoms with Crippen LogP contribution in [0.1, 0.15) is 51.5 Å². The third-order valence-corrected chi connectivity index (χ3v) is 7.85. The molecule has 9 nitrogen and oxygen atoms in total. The van der Waals surface area contributed by atoms with Crippen LogP contribution in [0.5, 0.6) is 0 Å². The first kappa shape index (κ1) is 36.7. The normalized spacial score (nSPS) is 14.4. The van der Waals surface area contributed by atoms with Gasteiger partial charge in [-0.3, -0.25) is 14.8 Å². The Morgan fingerprint density at radius 3 is 2.57 bits per heavy atom. The number of anilines is 1. The highest BCUT2D eigenvalue weighted by Crippen LogP contribution is 2.31. The molecule has 4 rings (SSSR count). The molecule has 1 fully saturated rings. The van der Waals surface area contributed by atoms with Gasteiger partial charge in [-0.2, -0.15) is 0 Å². The van der Waals surface area contributed by atoms with Crippen LogP contribution >= 0.6 is 0 Å². The van der Waals surface area contributed by atoms with Gasteiger partial charge in [-0.25, -0.2) is 4.99 Å². The number of hydrogen-bond acceptors (Lipinski definition) is 6. The van der Waals surface area contributed by atoms with Gasteiger partial charge in [0.05, 0.1) is 18.4 Å². The van der Waals surface area contributed by atoms with Crippen molar-refractivity contribution in [3.05, 3.63) is 96.5 Å². The van der Waals surface area contributed by atoms with Gasteiger partial charge in [-0.1, -0.05) is 82.2 Å². The number of hydrogen-bond donors (Lipinski definition) is 4. The Hall–Kier alpha value is -4.76. The van der Waals surface area contributed by atoms with Crippen LogP contribution in [0.2, 0.25) is 0 Å². The van der Waals surface area contributed by atoms with E-state index in [2.05, 4.69) is 58.5 Å². The summed E-state index contributed by atoms with van der Waals surface area (Å²) in [6, 6.07) is 16.7. The lowest BCUT2D eigenvalue weighted by atomic mass is 9.96. The predicted molar refractivity (Wildman–Crippen MR) is 200 cm³/mol. The maximum Gasteiger partial charge on any atom is 0.248 e. The van der Waals surface area contributed by atoms with Crippen LogP contribution in [0.15, 0.2) is 101 Å². The van der Waals surface area contributed by atoms with E-state index in [9.17, 15) is 4.79 Å². The van der Waals surface area contributed by atoms with Crippen LogP contribution in [0.25, 0.3) is 22.0 Å². The lowest BCUT2D eigenvalue weighted by Gasteiger charge is -2.20. The summed E-state index contributed by atoms with van der Waals surface area (Å²) >= 11 is 0. The average Bonchev–Trinajstić information content (AvgIpc) is 3.07. The SMILES string of the molecule is C=C/C(=C(/N=C/N)NCc1ccccc1-c1nccc2cc(NC(=O)/C=C/CN(C)C)ccc12)C(C)C.CN=CNC1CCCCC1. The van der Waals surface area contributed by atoms with Gasteiger partial charge in [-0.05, 0) is 67.6 Å². The Morgan fingerprint density at radius 2 is 1.89 bits per heavy atom. The van der Waals surface area contributed by atoms with Crippen molar-refractivity contribution in [3.8, 4) is 11.3 Å². The Balaban J connectivity index is 0.000000511. The third-order valence-electron chi connectivity index (χ3n) is 7.85. The maximum atomic E-state index is 12.3. The lowest BCUT2D eigenvalue weighted by Crippen LogP contribution is -2.29. The molecular weight excluding hydrogens is 584 g/mol. The highest BCUT2D eigenvalue weighted by molar-refractivity contribution is 6.02. The van der Waals surface area contributed by atoms with E-state index in [4.69, 9.17) is 10.7 Å². The van der Waals surface area contributed by atoms with Gasteiger partial charge >= 0.3 is 0 Å². The first-order valence-electron chi connectivity index (χ1n) is 16.4. The van der Waals surface area contributed by atoms with E-state index in [-0.39, 0.29) is 11.8 Å². The summed E-state index contributed by atoms with van der Waals surface area (Å²) in [6.07, 6.45) is 16.9. The second kappa shape index (κ2) is 19.7. The third kappa shape index (κ3) is 11.8. The van der Waals surface area contributed by atoms with Gasteiger partial charge in [0.15, 0.2) is 0 Å². The number of benzene rings is 2. The largest absolute Gasteiger partial charge is 0.390 e. The molecule has 1 aromatic heterocycles. The zero-order valence-electron chi connectivity index (χ0n) is 28.7. The van der Waals surface area contributed by atoms with E-state index in [1.807, 2.05) is 73.9 Å². The number of pyridine rings is 1. The van der Waals surface area contributed by atoms with Gasteiger partial charge in [0, 0.05) is 55.1 Å². The van der Waals surface area contributed by atoms with Gasteiger partial charge < -0.3 is 26.6 Å². The minimum Gasteiger partial charge on any atom is -0.390 e. The van der Waals surface area contributed by atoms with E-state index in [0.717, 1.165) is 38.9 Å². The van der Waals surface area contributed by atoms with Crippen LogP contribution < -0.4 is 21.7 Å². The monoisotopic (exact) mass is 636 g/mol. The number of amides is 1. The Labute approximate surface area is 280 Å². The van der Waals surface area contributed by atoms with Crippen molar-refractivity contribution in [1.82, 2.24) is 20.5 Å². The summed E-state index contributed by atoms with van der Waals surface area (Å²) in [4.78, 5) is 27.2. The Morgan fingerprint density at radius 1 is 1.13 bits per heavy atom. The number of aromatic nitrogens is 1. The molecule has 0 unspecified atom stereocenters. The van der Waals surface area contributed by atoms with Gasteiger partial charge in [-0.15, -0.1) is 0 Å². The molecule has 1 saturated carbocycles. The standard InChI is InChI=1S/C30H36N6O.C8H16N2/c1-6-25(21(2)3)30(34-20-31)33-19-23-10-7-8-11-26(23)29-27-14-13-24(18-22(27)15-16-32-29)35-28(37)12-9-17-36(4)5;1-9-7-10-8-5-3-2-4-6-8/h6-16,18,20-21,33H,1,17,19H2,2-5H3,(H2,31,34)(H,35,37);7-8H,2-6H2,1H3,(H,9,10)/b12-9+,30-25-;. The van der Waals surface area contributed by atoms with Crippen molar-refractivity contribution in [2.24, 2.45) is 21.6 Å². The summed E-state index contributed by atoms with van der Waals surface area (Å²) in [5, 5.41) is 11.6. The maximum absolute atomic E-state index is 12.3. The molecule has 9 heteroatoms. The molecule has 0 atom stereocenters. The number of carbonyl (C=O) groups excluding carboxylic acids is 1. The van der Waals surface area contributed by atoms with E-state index >= 15 is 0 Å². The number of fused-ring (bicyclic) bond motifs is 1. The number of nitrogens with one attached hydrogen (secondary N) is 3. The number of nitrogens with two attached hydrogens (primary N) is 1. The van der Waals surface area contributed by atoms with Crippen molar-refractivity contribution in [3.63, 3.8) is 0 Å². The lowest BCUT2D eigenvalue weighted by molar-refractivity contribution is -0.111. The van der Waals surface area contributed by atoms with Crippen LogP contribution in [-0.4, -0.2) is 62.2 Å². The van der Waals surface area contributed by atoms with Crippen molar-refractivity contribution in [2.45, 2.75) is 58.5 Å². The number of aliphatic imine (C=N–C) groups is 2. The number of likely N-dealkylation sites (N-methyl/N-ethyl adjacent to an activating group) is 1. The fourth-order valence-corrected chi connectivity index (χ4v) is 5.46. The molecule has 47 heavy (non-hydrogen) atoms. The molecule has 5 N–H and O–H groups in total. The van der Waals surface area contributed by atoms with Crippen LogP contribution in [0, 0.1) is 5.92 Å². The first-order chi connectivity index (χ1) is 22.8. The van der Waals surface area contributed by atoms with Crippen LogP contribution in [-0.2, 0) is 11.3 Å². The van der Waals surface area contributed by atoms with Gasteiger partial charge in [0.25, 0.3) is 0 Å². The molecule has 1 heterocycles. The van der Waals surface area contributed by atoms with Crippen molar-refractivity contribution < 1.29 is 4.79 Å². The summed E-state index contributed by atoms with van der Waals surface area (Å²) in [5.74, 6) is 0.793. The number of rotatable bonds is 13. The van der Waals surface area contributed by atoms with Gasteiger partial charge in [0.2, 0.25) is 5.91 Å². The molecule has 1 amide bonds. The average molecular weight is 637 g/mol. The minimum atomic E-state index is -0.156. The topological polar surface area (TPSA) is 120 Å². The second-order valence-corrected chi connectivity index (χ2v) is 12.1. The quantitative estimate of drug-likeness (QED) is 0.0722. The highest BCUT2D eigenvalue weighted by Gasteiger charge is 2.13. The first-order valence-corrected chi connectivity index (χ1v) is 16.4. The fraction of sp³-hybridized carbons (Fsp3) is 0.368. The summed E-state index contributed by atoms with van der Waals surface area (Å²) in [6.45, 7) is 9.36. The Kier molecular flexibility index (Phi) is 15.4. The van der Waals surface area contributed by atoms with E-state index in [1.54, 1.807) is 19.3 Å². The molecule has 0 saturated heterocycles. The molecule has 0 spiro atoms. The summed E-state index contributed by atoms with van der Waals surface area (Å²) in [7, 11) is 5.72. The number of carbonyl (C=O) groups is 1. The Bertz CT molecular complexity index is 1560. The van der Waals surface area contributed by atoms with Crippen molar-refractivity contribution >= 4 is 35.0 Å². The minimum absolute atomic E-state index is 0.156. The highest BCUT2D eigenvalue weighted by atomic mass is 16.1. The zero-order valence-corrected chi connectivity index (χ0v) is 28.7. The molecule has 1 aliphatic rings. The number of nitrogens with zero attached hydrogens (tertiary/aromatic N) is 4. The second-order valence-electron chi connectivity index (χ2n) is 12.1. The molecule has 3 aromatic rings. The van der Waals surface area contributed by atoms with E-state index in [1.165, 1.54) is 38.4 Å². The molecule has 0 bridgehead atoms. The van der Waals surface area contributed by atoms with E-state index in [0.29, 0.717) is 25.0 Å². The molecule has 2 aromatic carbocycles. The predicted octanol–water partition coefficient (Wildman–Crippen LogP) is 6.66. The molecular formula is C38H52N8O. The molecule has 250 valence electrons. The molecule has 1 aliphatic carbocycles. The van der Waals surface area contributed by atoms with E-state index < -0.39 is 0 Å². The van der Waals surface area contributed by atoms with Crippen molar-refractivity contribution in [1.29, 1.82) is 0 Å². The molecule has 0 radical (unpaired) electrons. The van der Waals surface area contributed by atoms with Crippen molar-refractivity contribution in [2.75, 3.05) is 33.0 Å². The van der Waals surface area contributed by atoms with Crippen LogP contribution in [0.4, 0.5) is 5.69 Å². The zero-order chi connectivity index (χ0) is 34.0. The smallest absolute Gasteiger partial charge is 0.248 e. The fourth-order valence-electron chi connectivity index (χ4n) is 5.46. The van der Waals surface area contributed by atoms with Crippen LogP contribution in [0.3, 0.4) is 0 Å². The summed E-state index contributed by atoms with van der Waals surface area (Å²) < 4.78 is 0. The van der Waals surface area contributed by atoms with Gasteiger partial charge in [0.1, 0.15) is 5.82 Å².